The van der Waals surface area contributed by atoms with Gasteiger partial charge >= 0.3 is 6.03 Å². The number of hydrogen-bond acceptors (Lipinski definition) is 4. The van der Waals surface area contributed by atoms with Crippen molar-refractivity contribution >= 4 is 17.6 Å². The molecule has 0 saturated heterocycles. The summed E-state index contributed by atoms with van der Waals surface area (Å²) in [6, 6.07) is 12.7. The smallest absolute Gasteiger partial charge is 0.317 e. The zero-order valence-electron chi connectivity index (χ0n) is 14.9. The highest BCUT2D eigenvalue weighted by Gasteiger charge is 2.09. The van der Waals surface area contributed by atoms with Crippen LogP contribution in [0.2, 0.25) is 5.02 Å². The first kappa shape index (κ1) is 18.7. The minimum atomic E-state index is -0.186. The van der Waals surface area contributed by atoms with Crippen molar-refractivity contribution < 1.29 is 9.53 Å². The van der Waals surface area contributed by atoms with E-state index in [0.717, 1.165) is 11.4 Å². The highest BCUT2D eigenvalue weighted by Crippen LogP contribution is 2.22. The fourth-order valence-electron chi connectivity index (χ4n) is 2.33. The predicted octanol–water partition coefficient (Wildman–Crippen LogP) is 3.14. The Labute approximate surface area is 162 Å². The van der Waals surface area contributed by atoms with Gasteiger partial charge in [-0.15, -0.1) is 0 Å². The second-order valence-electron chi connectivity index (χ2n) is 5.83. The molecular weight excluding hydrogens is 366 g/mol. The first-order valence-electron chi connectivity index (χ1n) is 8.45. The highest BCUT2D eigenvalue weighted by atomic mass is 35.5. The van der Waals surface area contributed by atoms with Crippen molar-refractivity contribution in [2.24, 2.45) is 0 Å². The van der Waals surface area contributed by atoms with Crippen LogP contribution >= 0.6 is 11.6 Å². The first-order valence-corrected chi connectivity index (χ1v) is 8.82. The van der Waals surface area contributed by atoms with Crippen LogP contribution in [0.1, 0.15) is 5.56 Å². The Hall–Kier alpha value is -3.06. The Morgan fingerprint density at radius 1 is 1.26 bits per heavy atom. The molecular formula is C19H20ClN5O2. The molecule has 0 unspecified atom stereocenters. The number of rotatable bonds is 7. The van der Waals surface area contributed by atoms with Gasteiger partial charge in [-0.1, -0.05) is 29.8 Å². The fraction of sp³-hybridized carbons (Fsp3) is 0.211. The van der Waals surface area contributed by atoms with Gasteiger partial charge in [0.05, 0.1) is 11.6 Å². The van der Waals surface area contributed by atoms with Crippen LogP contribution in [0.5, 0.6) is 5.75 Å². The second kappa shape index (κ2) is 9.05. The molecule has 0 spiro atoms. The molecule has 140 valence electrons. The molecule has 1 aromatic carbocycles. The molecule has 1 N–H and O–H groups in total. The monoisotopic (exact) mass is 385 g/mol. The van der Waals surface area contributed by atoms with Crippen LogP contribution in [0, 0.1) is 0 Å². The molecule has 0 saturated carbocycles. The minimum absolute atomic E-state index is 0.186. The molecule has 0 fully saturated rings. The number of likely N-dealkylation sites (N-methyl/N-ethyl adjacent to an activating group) is 1. The van der Waals surface area contributed by atoms with Crippen LogP contribution in [-0.2, 0) is 6.54 Å². The van der Waals surface area contributed by atoms with E-state index in [1.807, 2.05) is 36.5 Å². The van der Waals surface area contributed by atoms with Crippen LogP contribution in [0.3, 0.4) is 0 Å². The van der Waals surface area contributed by atoms with Crippen molar-refractivity contribution in [1.82, 2.24) is 25.0 Å². The number of benzene rings is 1. The third kappa shape index (κ3) is 5.21. The van der Waals surface area contributed by atoms with Crippen molar-refractivity contribution in [3.05, 3.63) is 71.6 Å². The van der Waals surface area contributed by atoms with Crippen LogP contribution in [-0.4, -0.2) is 45.9 Å². The summed E-state index contributed by atoms with van der Waals surface area (Å²) in [5.41, 5.74) is 0.903. The van der Waals surface area contributed by atoms with Gasteiger partial charge in [0.2, 0.25) is 0 Å². The van der Waals surface area contributed by atoms with Gasteiger partial charge in [-0.05, 0) is 29.8 Å². The number of amides is 2. The maximum atomic E-state index is 12.2. The second-order valence-corrected chi connectivity index (χ2v) is 6.24. The lowest BCUT2D eigenvalue weighted by Crippen LogP contribution is -2.39. The summed E-state index contributed by atoms with van der Waals surface area (Å²) in [5, 5.41) is 7.53. The SMILES string of the molecule is CN(CCOc1ccccc1Cl)C(=O)NCc1ccc(-n2cccn2)nc1. The Morgan fingerprint density at radius 2 is 2.11 bits per heavy atom. The van der Waals surface area contributed by atoms with E-state index >= 15 is 0 Å². The molecule has 2 amide bonds. The van der Waals surface area contributed by atoms with E-state index in [-0.39, 0.29) is 6.03 Å². The molecule has 0 radical (unpaired) electrons. The number of carbonyl (C=O) groups is 1. The van der Waals surface area contributed by atoms with Gasteiger partial charge in [0.25, 0.3) is 0 Å². The minimum Gasteiger partial charge on any atom is -0.490 e. The van der Waals surface area contributed by atoms with Gasteiger partial charge in [0.15, 0.2) is 5.82 Å². The van der Waals surface area contributed by atoms with E-state index in [0.29, 0.717) is 30.5 Å². The Kier molecular flexibility index (Phi) is 6.27. The molecule has 3 aromatic rings. The van der Waals surface area contributed by atoms with E-state index in [2.05, 4.69) is 15.4 Å². The number of urea groups is 1. The Morgan fingerprint density at radius 3 is 2.81 bits per heavy atom. The molecule has 0 aliphatic rings. The molecule has 8 heteroatoms. The molecule has 0 bridgehead atoms. The fourth-order valence-corrected chi connectivity index (χ4v) is 2.52. The summed E-state index contributed by atoms with van der Waals surface area (Å²) in [4.78, 5) is 18.1. The lowest BCUT2D eigenvalue weighted by Gasteiger charge is -2.18. The maximum Gasteiger partial charge on any atom is 0.317 e. The highest BCUT2D eigenvalue weighted by molar-refractivity contribution is 6.32. The number of para-hydroxylation sites is 1. The molecule has 0 aliphatic carbocycles. The number of halogens is 1. The van der Waals surface area contributed by atoms with E-state index in [1.54, 1.807) is 41.2 Å². The van der Waals surface area contributed by atoms with Crippen LogP contribution in [0.15, 0.2) is 61.1 Å². The molecule has 3 rings (SSSR count). The summed E-state index contributed by atoms with van der Waals surface area (Å²) in [5.74, 6) is 1.33. The van der Waals surface area contributed by atoms with E-state index in [4.69, 9.17) is 16.3 Å². The lowest BCUT2D eigenvalue weighted by atomic mass is 10.3. The number of ether oxygens (including phenoxy) is 1. The maximum absolute atomic E-state index is 12.2. The van der Waals surface area contributed by atoms with Crippen molar-refractivity contribution in [3.63, 3.8) is 0 Å². The van der Waals surface area contributed by atoms with Gasteiger partial charge in [-0.3, -0.25) is 0 Å². The van der Waals surface area contributed by atoms with Crippen molar-refractivity contribution in [1.29, 1.82) is 0 Å². The number of nitrogens with zero attached hydrogens (tertiary/aromatic N) is 4. The molecule has 7 nitrogen and oxygen atoms in total. The number of hydrogen-bond donors (Lipinski definition) is 1. The summed E-state index contributed by atoms with van der Waals surface area (Å²) < 4.78 is 7.27. The van der Waals surface area contributed by atoms with Crippen molar-refractivity contribution in [3.8, 4) is 11.6 Å². The third-order valence-corrected chi connectivity index (χ3v) is 4.17. The number of nitrogens with one attached hydrogen (secondary N) is 1. The van der Waals surface area contributed by atoms with E-state index in [9.17, 15) is 4.79 Å². The topological polar surface area (TPSA) is 72.3 Å². The Bertz CT molecular complexity index is 868. The standard InChI is InChI=1S/C19H20ClN5O2/c1-24(11-12-27-17-6-3-2-5-16(17)20)19(26)22-14-15-7-8-18(21-13-15)25-10-4-9-23-25/h2-10,13H,11-12,14H2,1H3,(H,22,26). The molecule has 2 aromatic heterocycles. The number of pyridine rings is 1. The molecule has 0 atom stereocenters. The average molecular weight is 386 g/mol. The quantitative estimate of drug-likeness (QED) is 0.678. The summed E-state index contributed by atoms with van der Waals surface area (Å²) >= 11 is 6.03. The third-order valence-electron chi connectivity index (χ3n) is 3.86. The van der Waals surface area contributed by atoms with E-state index < -0.39 is 0 Å². The van der Waals surface area contributed by atoms with Crippen LogP contribution in [0.25, 0.3) is 5.82 Å². The summed E-state index contributed by atoms with van der Waals surface area (Å²) in [6.45, 7) is 1.18. The zero-order chi connectivity index (χ0) is 19.1. The number of aromatic nitrogens is 3. The van der Waals surface area contributed by atoms with Crippen molar-refractivity contribution in [2.45, 2.75) is 6.54 Å². The van der Waals surface area contributed by atoms with Crippen LogP contribution in [0.4, 0.5) is 4.79 Å². The lowest BCUT2D eigenvalue weighted by molar-refractivity contribution is 0.195. The molecule has 2 heterocycles. The van der Waals surface area contributed by atoms with Gasteiger partial charge in [-0.25, -0.2) is 14.5 Å². The first-order chi connectivity index (χ1) is 13.1. The van der Waals surface area contributed by atoms with Gasteiger partial charge in [0.1, 0.15) is 12.4 Å². The largest absolute Gasteiger partial charge is 0.490 e. The number of carbonyl (C=O) groups excluding carboxylic acids is 1. The van der Waals surface area contributed by atoms with Crippen LogP contribution < -0.4 is 10.1 Å². The molecule has 27 heavy (non-hydrogen) atoms. The van der Waals surface area contributed by atoms with Crippen molar-refractivity contribution in [2.75, 3.05) is 20.2 Å². The normalized spacial score (nSPS) is 10.4. The summed E-state index contributed by atoms with van der Waals surface area (Å²) in [6.07, 6.45) is 5.24. The van der Waals surface area contributed by atoms with Gasteiger partial charge in [-0.2, -0.15) is 5.10 Å². The van der Waals surface area contributed by atoms with E-state index in [1.165, 1.54) is 0 Å². The average Bonchev–Trinajstić information content (AvgIpc) is 3.22. The van der Waals surface area contributed by atoms with Gasteiger partial charge in [0, 0.05) is 32.2 Å². The Balaban J connectivity index is 1.42. The molecule has 0 aliphatic heterocycles. The summed E-state index contributed by atoms with van der Waals surface area (Å²) in [7, 11) is 1.71. The van der Waals surface area contributed by atoms with Gasteiger partial charge < -0.3 is 15.0 Å². The zero-order valence-corrected chi connectivity index (χ0v) is 15.6. The predicted molar refractivity (Wildman–Crippen MR) is 103 cm³/mol.